The minimum Gasteiger partial charge on any atom is -0.355 e. The summed E-state index contributed by atoms with van der Waals surface area (Å²) >= 11 is 2.51. The van der Waals surface area contributed by atoms with E-state index in [1.54, 1.807) is 29.7 Å². The van der Waals surface area contributed by atoms with Gasteiger partial charge in [-0.15, -0.1) is 0 Å². The third-order valence-corrected chi connectivity index (χ3v) is 7.18. The van der Waals surface area contributed by atoms with Gasteiger partial charge < -0.3 is 10.6 Å². The Morgan fingerprint density at radius 3 is 2.83 bits per heavy atom. The first-order valence-electron chi connectivity index (χ1n) is 11.5. The first-order chi connectivity index (χ1) is 17.1. The van der Waals surface area contributed by atoms with Crippen LogP contribution in [0.5, 0.6) is 0 Å². The monoisotopic (exact) mass is 508 g/mol. The largest absolute Gasteiger partial charge is 0.355 e. The summed E-state index contributed by atoms with van der Waals surface area (Å²) in [5, 5.41) is 10.1. The summed E-state index contributed by atoms with van der Waals surface area (Å²) in [5.41, 5.74) is 4.52. The van der Waals surface area contributed by atoms with Crippen LogP contribution in [0.1, 0.15) is 24.2 Å². The summed E-state index contributed by atoms with van der Waals surface area (Å²) in [7, 11) is 1.53. The van der Waals surface area contributed by atoms with Crippen molar-refractivity contribution in [2.24, 2.45) is 5.92 Å². The van der Waals surface area contributed by atoms with Crippen molar-refractivity contribution in [3.05, 3.63) is 63.6 Å². The van der Waals surface area contributed by atoms with Gasteiger partial charge in [0.1, 0.15) is 0 Å². The molecule has 1 amide bonds. The van der Waals surface area contributed by atoms with Crippen molar-refractivity contribution in [2.75, 3.05) is 32.0 Å². The number of likely N-dealkylation sites (tertiary alicyclic amines) is 1. The van der Waals surface area contributed by atoms with E-state index >= 15 is 0 Å². The fourth-order valence-corrected chi connectivity index (χ4v) is 5.10. The highest BCUT2D eigenvalue weighted by Crippen LogP contribution is 2.23. The van der Waals surface area contributed by atoms with Crippen LogP contribution in [0.3, 0.4) is 0 Å². The summed E-state index contributed by atoms with van der Waals surface area (Å²) in [4.78, 5) is 39.1. The molecule has 3 aromatic rings. The SMILES string of the molecule is CNC(=O)/C(=C/c1ccnc(NCC2CCN(Cc3cccc(-c4ccsc4)n3)CC2)n1)SC=O. The van der Waals surface area contributed by atoms with Gasteiger partial charge >= 0.3 is 0 Å². The Morgan fingerprint density at radius 1 is 1.23 bits per heavy atom. The van der Waals surface area contributed by atoms with E-state index in [4.69, 9.17) is 4.98 Å². The van der Waals surface area contributed by atoms with Crippen LogP contribution in [0.15, 0.2) is 52.2 Å². The molecule has 3 aromatic heterocycles. The van der Waals surface area contributed by atoms with E-state index < -0.39 is 0 Å². The molecule has 0 aliphatic carbocycles. The molecular weight excluding hydrogens is 480 g/mol. The maximum Gasteiger partial charge on any atom is 0.257 e. The minimum atomic E-state index is -0.324. The molecule has 4 heterocycles. The standard InChI is InChI=1S/C25H28N6O2S2/c1-26-24(33)23(35-17-32)13-20-5-9-27-25(30-20)28-14-18-6-10-31(11-7-18)15-21-3-2-4-22(29-21)19-8-12-34-16-19/h2-5,8-9,12-13,16-18H,6-7,10-11,14-15H2,1H3,(H,26,33)(H,27,28,30)/b23-13-. The minimum absolute atomic E-state index is 0.287. The average Bonchev–Trinajstić information content (AvgIpc) is 3.43. The number of piperidine rings is 1. The van der Waals surface area contributed by atoms with Crippen molar-refractivity contribution in [1.29, 1.82) is 0 Å². The molecule has 35 heavy (non-hydrogen) atoms. The molecule has 0 aromatic carbocycles. The van der Waals surface area contributed by atoms with Crippen molar-refractivity contribution in [3.63, 3.8) is 0 Å². The van der Waals surface area contributed by atoms with Gasteiger partial charge in [-0.2, -0.15) is 11.3 Å². The second-order valence-corrected chi connectivity index (χ2v) is 9.88. The third-order valence-electron chi connectivity index (χ3n) is 5.85. The van der Waals surface area contributed by atoms with E-state index in [1.165, 1.54) is 12.6 Å². The Hall–Kier alpha value is -3.08. The Morgan fingerprint density at radius 2 is 2.09 bits per heavy atom. The number of nitrogens with one attached hydrogen (secondary N) is 2. The zero-order valence-corrected chi connectivity index (χ0v) is 21.1. The Labute approximate surface area is 213 Å². The van der Waals surface area contributed by atoms with Gasteiger partial charge in [-0.05, 0) is 79.3 Å². The molecule has 0 bridgehead atoms. The van der Waals surface area contributed by atoms with Gasteiger partial charge in [0, 0.05) is 37.3 Å². The molecule has 8 nitrogen and oxygen atoms in total. The Bertz CT molecular complexity index is 1160. The molecule has 0 spiro atoms. The van der Waals surface area contributed by atoms with Crippen molar-refractivity contribution in [1.82, 2.24) is 25.2 Å². The second kappa shape index (κ2) is 12.6. The molecule has 1 saturated heterocycles. The lowest BCUT2D eigenvalue weighted by Crippen LogP contribution is -2.35. The number of carbonyl (C=O) groups excluding carboxylic acids is 2. The number of thioether (sulfide) groups is 1. The van der Waals surface area contributed by atoms with Gasteiger partial charge in [0.15, 0.2) is 5.62 Å². The number of anilines is 1. The van der Waals surface area contributed by atoms with Gasteiger partial charge in [-0.3, -0.25) is 19.5 Å². The first kappa shape index (κ1) is 25.0. The van der Waals surface area contributed by atoms with Crippen LogP contribution in [-0.4, -0.2) is 58.1 Å². The predicted octanol–water partition coefficient (Wildman–Crippen LogP) is 3.93. The number of nitrogens with zero attached hydrogens (tertiary/aromatic N) is 4. The lowest BCUT2D eigenvalue weighted by molar-refractivity contribution is -0.116. The molecule has 0 unspecified atom stereocenters. The van der Waals surface area contributed by atoms with E-state index in [1.807, 2.05) is 0 Å². The Kier molecular flexibility index (Phi) is 8.99. The quantitative estimate of drug-likeness (QED) is 0.314. The smallest absolute Gasteiger partial charge is 0.257 e. The summed E-state index contributed by atoms with van der Waals surface area (Å²) in [6.07, 6.45) is 5.42. The van der Waals surface area contributed by atoms with Crippen molar-refractivity contribution >= 4 is 46.6 Å². The van der Waals surface area contributed by atoms with Crippen LogP contribution >= 0.6 is 23.1 Å². The van der Waals surface area contributed by atoms with Crippen molar-refractivity contribution in [2.45, 2.75) is 19.4 Å². The topological polar surface area (TPSA) is 100 Å². The van der Waals surface area contributed by atoms with Crippen LogP contribution in [0, 0.1) is 5.92 Å². The molecule has 1 aliphatic heterocycles. The number of aromatic nitrogens is 3. The average molecular weight is 509 g/mol. The third kappa shape index (κ3) is 7.20. The maximum atomic E-state index is 11.9. The number of thiophene rings is 1. The molecule has 0 saturated carbocycles. The number of pyridine rings is 1. The van der Waals surface area contributed by atoms with Gasteiger partial charge in [0.2, 0.25) is 5.95 Å². The van der Waals surface area contributed by atoms with Crippen LogP contribution in [-0.2, 0) is 16.1 Å². The highest BCUT2D eigenvalue weighted by molar-refractivity contribution is 8.16. The lowest BCUT2D eigenvalue weighted by Gasteiger charge is -2.31. The van der Waals surface area contributed by atoms with Gasteiger partial charge in [-0.25, -0.2) is 9.97 Å². The highest BCUT2D eigenvalue weighted by atomic mass is 32.2. The fraction of sp³-hybridized carbons (Fsp3) is 0.320. The van der Waals surface area contributed by atoms with Gasteiger partial charge in [0.05, 0.1) is 22.0 Å². The highest BCUT2D eigenvalue weighted by Gasteiger charge is 2.20. The van der Waals surface area contributed by atoms with Crippen LogP contribution in [0.4, 0.5) is 5.95 Å². The summed E-state index contributed by atoms with van der Waals surface area (Å²) in [5.74, 6) is 0.726. The van der Waals surface area contributed by atoms with Gasteiger partial charge in [0.25, 0.3) is 5.91 Å². The molecule has 4 rings (SSSR count). The first-order valence-corrected chi connectivity index (χ1v) is 13.3. The van der Waals surface area contributed by atoms with Crippen molar-refractivity contribution < 1.29 is 9.59 Å². The molecule has 0 radical (unpaired) electrons. The number of rotatable bonds is 10. The number of hydrogen-bond acceptors (Lipinski definition) is 9. The molecular formula is C25H28N6O2S2. The summed E-state index contributed by atoms with van der Waals surface area (Å²) < 4.78 is 0. The van der Waals surface area contributed by atoms with Crippen LogP contribution in [0.2, 0.25) is 0 Å². The predicted molar refractivity (Wildman–Crippen MR) is 142 cm³/mol. The summed E-state index contributed by atoms with van der Waals surface area (Å²) in [6, 6.07) is 10.1. The van der Waals surface area contributed by atoms with E-state index in [9.17, 15) is 9.59 Å². The molecule has 2 N–H and O–H groups in total. The van der Waals surface area contributed by atoms with E-state index in [0.29, 0.717) is 23.2 Å². The number of amides is 1. The zero-order chi connectivity index (χ0) is 24.5. The maximum absolute atomic E-state index is 11.9. The second-order valence-electron chi connectivity index (χ2n) is 8.23. The van der Waals surface area contributed by atoms with Crippen LogP contribution in [0.25, 0.3) is 17.3 Å². The molecule has 1 fully saturated rings. The van der Waals surface area contributed by atoms with Crippen LogP contribution < -0.4 is 10.6 Å². The summed E-state index contributed by atoms with van der Waals surface area (Å²) in [6.45, 7) is 3.71. The zero-order valence-electron chi connectivity index (χ0n) is 19.5. The van der Waals surface area contributed by atoms with E-state index in [-0.39, 0.29) is 10.8 Å². The van der Waals surface area contributed by atoms with Crippen molar-refractivity contribution in [3.8, 4) is 11.3 Å². The Balaban J connectivity index is 1.27. The number of carbonyl (C=O) groups is 2. The molecule has 182 valence electrons. The van der Waals surface area contributed by atoms with Gasteiger partial charge in [-0.1, -0.05) is 6.07 Å². The number of likely N-dealkylation sites (N-methyl/N-ethyl adjacent to an activating group) is 1. The number of hydrogen-bond donors (Lipinski definition) is 2. The molecule has 10 heteroatoms. The molecule has 0 atom stereocenters. The normalized spacial score (nSPS) is 15.1. The fourth-order valence-electron chi connectivity index (χ4n) is 3.95. The lowest BCUT2D eigenvalue weighted by atomic mass is 9.96. The van der Waals surface area contributed by atoms with E-state index in [0.717, 1.165) is 62.2 Å². The van der Waals surface area contributed by atoms with E-state index in [2.05, 4.69) is 60.5 Å². The molecule has 1 aliphatic rings.